The molecule has 0 radical (unpaired) electrons. The van der Waals surface area contributed by atoms with Gasteiger partial charge in [0, 0.05) is 36.7 Å². The van der Waals surface area contributed by atoms with Crippen molar-refractivity contribution >= 4 is 80.3 Å². The van der Waals surface area contributed by atoms with Crippen LogP contribution < -0.4 is 10.1 Å². The number of nitrogens with one attached hydrogen (secondary N) is 1. The predicted octanol–water partition coefficient (Wildman–Crippen LogP) is 2.33. The molecule has 0 spiro atoms. The molecule has 0 unspecified atom stereocenters. The number of hydrogen-bond acceptors (Lipinski definition) is 10. The van der Waals surface area contributed by atoms with Crippen LogP contribution in [0.1, 0.15) is 44.4 Å². The number of amides is 3. The molecule has 9 nitrogen and oxygen atoms in total. The van der Waals surface area contributed by atoms with Crippen LogP contribution in [0.25, 0.3) is 0 Å². The molecule has 0 bridgehead atoms. The lowest BCUT2D eigenvalue weighted by atomic mass is 10.0. The van der Waals surface area contributed by atoms with Gasteiger partial charge in [-0.15, -0.1) is 0 Å². The molecule has 2 aliphatic rings. The number of benzene rings is 1. The number of thioether (sulfide) groups is 2. The smallest absolute Gasteiger partial charge is 0.307 e. The molecule has 0 aromatic heterocycles. The van der Waals surface area contributed by atoms with E-state index in [1.165, 1.54) is 52.6 Å². The van der Waals surface area contributed by atoms with E-state index in [2.05, 4.69) is 5.32 Å². The summed E-state index contributed by atoms with van der Waals surface area (Å²) in [6, 6.07) is 2.75. The van der Waals surface area contributed by atoms with E-state index in [-0.39, 0.29) is 42.0 Å². The van der Waals surface area contributed by atoms with Gasteiger partial charge in [0.05, 0.1) is 31.3 Å². The van der Waals surface area contributed by atoms with Crippen molar-refractivity contribution in [1.82, 2.24) is 15.1 Å². The number of carbonyl (C=O) groups excluding carboxylic acids is 4. The fourth-order valence-electron chi connectivity index (χ4n) is 3.36. The molecule has 182 valence electrons. The largest absolute Gasteiger partial charge is 0.495 e. The van der Waals surface area contributed by atoms with Crippen LogP contribution in [-0.4, -0.2) is 87.0 Å². The minimum absolute atomic E-state index is 0.00808. The number of esters is 1. The summed E-state index contributed by atoms with van der Waals surface area (Å²) >= 11 is 13.3. The third kappa shape index (κ3) is 5.88. The van der Waals surface area contributed by atoms with E-state index in [1.54, 1.807) is 6.92 Å². The molecular weight excluding hydrogens is 519 g/mol. The second-order valence-electron chi connectivity index (χ2n) is 7.06. The van der Waals surface area contributed by atoms with Gasteiger partial charge in [0.25, 0.3) is 17.7 Å². The van der Waals surface area contributed by atoms with Crippen molar-refractivity contribution in [2.75, 3.05) is 44.9 Å². The van der Waals surface area contributed by atoms with Gasteiger partial charge in [-0.3, -0.25) is 29.0 Å². The van der Waals surface area contributed by atoms with Gasteiger partial charge < -0.3 is 14.8 Å². The highest BCUT2D eigenvalue weighted by molar-refractivity contribution is 8.23. The Morgan fingerprint density at radius 1 is 1.00 bits per heavy atom. The van der Waals surface area contributed by atoms with Gasteiger partial charge in [-0.05, 0) is 19.1 Å². The second kappa shape index (κ2) is 12.0. The van der Waals surface area contributed by atoms with E-state index in [9.17, 15) is 19.2 Å². The van der Waals surface area contributed by atoms with Gasteiger partial charge in [-0.25, -0.2) is 0 Å². The van der Waals surface area contributed by atoms with Crippen LogP contribution in [0.5, 0.6) is 5.75 Å². The first-order valence-electron chi connectivity index (χ1n) is 10.4. The molecule has 13 heteroatoms. The summed E-state index contributed by atoms with van der Waals surface area (Å²) in [5.41, 5.74) is 0.171. The molecule has 1 aromatic carbocycles. The molecule has 2 fully saturated rings. The summed E-state index contributed by atoms with van der Waals surface area (Å²) in [5.74, 6) is -0.535. The molecule has 1 aromatic rings. The number of ether oxygens (including phenoxy) is 2. The average molecular weight is 542 g/mol. The molecular formula is C21H23N3O6S4. The summed E-state index contributed by atoms with van der Waals surface area (Å²) in [7, 11) is 1.36. The number of hydrogen-bond donors (Lipinski definition) is 1. The van der Waals surface area contributed by atoms with Crippen LogP contribution in [-0.2, 0) is 9.53 Å². The maximum absolute atomic E-state index is 13.3. The fourth-order valence-corrected chi connectivity index (χ4v) is 5.76. The van der Waals surface area contributed by atoms with Crippen LogP contribution in [0.3, 0.4) is 0 Å². The molecule has 2 heterocycles. The number of methoxy groups -OCH3 is 1. The Kier molecular flexibility index (Phi) is 9.28. The Morgan fingerprint density at radius 3 is 1.94 bits per heavy atom. The Bertz CT molecular complexity index is 988. The van der Waals surface area contributed by atoms with E-state index in [1.807, 2.05) is 0 Å². The first-order chi connectivity index (χ1) is 16.3. The van der Waals surface area contributed by atoms with Gasteiger partial charge in [0.2, 0.25) is 0 Å². The van der Waals surface area contributed by atoms with Crippen LogP contribution in [0, 0.1) is 0 Å². The highest BCUT2D eigenvalue weighted by atomic mass is 32.2. The quantitative estimate of drug-likeness (QED) is 0.389. The Labute approximate surface area is 216 Å². The van der Waals surface area contributed by atoms with Crippen molar-refractivity contribution in [3.8, 4) is 5.75 Å². The lowest BCUT2D eigenvalue weighted by molar-refractivity contribution is -0.142. The molecule has 3 rings (SSSR count). The summed E-state index contributed by atoms with van der Waals surface area (Å²) < 4.78 is 11.2. The molecule has 0 aliphatic carbocycles. The zero-order valence-corrected chi connectivity index (χ0v) is 21.8. The summed E-state index contributed by atoms with van der Waals surface area (Å²) in [4.78, 5) is 54.0. The minimum Gasteiger partial charge on any atom is -0.495 e. The maximum Gasteiger partial charge on any atom is 0.307 e. The number of nitrogens with zero attached hydrogens (tertiary/aromatic N) is 2. The van der Waals surface area contributed by atoms with Crippen molar-refractivity contribution in [3.63, 3.8) is 0 Å². The van der Waals surface area contributed by atoms with Crippen LogP contribution in [0.2, 0.25) is 0 Å². The lowest BCUT2D eigenvalue weighted by Crippen LogP contribution is -2.34. The normalized spacial score (nSPS) is 15.5. The standard InChI is InChI=1S/C21H23N3O6S4/c1-3-30-15(25)4-5-22-17(26)12-10-13(18(27)23-6-8-33-20(23)31)16(29-2)14(11-12)19(28)24-7-9-34-21(24)32/h10-11H,3-9H2,1-2H3,(H,22,26). The topological polar surface area (TPSA) is 105 Å². The predicted molar refractivity (Wildman–Crippen MR) is 139 cm³/mol. The average Bonchev–Trinajstić information content (AvgIpc) is 3.45. The van der Waals surface area contributed by atoms with Crippen LogP contribution >= 0.6 is 48.0 Å². The second-order valence-corrected chi connectivity index (χ2v) is 10.5. The van der Waals surface area contributed by atoms with E-state index in [0.717, 1.165) is 0 Å². The summed E-state index contributed by atoms with van der Waals surface area (Å²) in [5, 5.41) is 2.62. The number of thiocarbonyl (C=S) groups is 2. The number of rotatable bonds is 8. The summed E-state index contributed by atoms with van der Waals surface area (Å²) in [6.07, 6.45) is -0.00808. The SMILES string of the molecule is CCOC(=O)CCNC(=O)c1cc(C(=O)N2CCSC2=S)c(OC)c(C(=O)N2CCSC2=S)c1. The first-order valence-corrected chi connectivity index (χ1v) is 13.2. The number of carbonyl (C=O) groups is 4. The van der Waals surface area contributed by atoms with Gasteiger partial charge >= 0.3 is 5.97 Å². The van der Waals surface area contributed by atoms with Crippen molar-refractivity contribution in [2.24, 2.45) is 0 Å². The first kappa shape index (κ1) is 26.4. The highest BCUT2D eigenvalue weighted by Gasteiger charge is 2.33. The Morgan fingerprint density at radius 2 is 1.53 bits per heavy atom. The molecule has 34 heavy (non-hydrogen) atoms. The highest BCUT2D eigenvalue weighted by Crippen LogP contribution is 2.32. The molecule has 1 N–H and O–H groups in total. The fraction of sp³-hybridized carbons (Fsp3) is 0.429. The van der Waals surface area contributed by atoms with Crippen molar-refractivity contribution in [1.29, 1.82) is 0 Å². The van der Waals surface area contributed by atoms with E-state index in [4.69, 9.17) is 33.9 Å². The lowest BCUT2D eigenvalue weighted by Gasteiger charge is -2.21. The van der Waals surface area contributed by atoms with E-state index < -0.39 is 23.7 Å². The Balaban J connectivity index is 1.98. The van der Waals surface area contributed by atoms with Gasteiger partial charge in [0.1, 0.15) is 14.4 Å². The monoisotopic (exact) mass is 541 g/mol. The molecule has 2 aliphatic heterocycles. The van der Waals surface area contributed by atoms with Crippen molar-refractivity contribution in [3.05, 3.63) is 28.8 Å². The minimum atomic E-state index is -0.549. The van der Waals surface area contributed by atoms with Crippen molar-refractivity contribution in [2.45, 2.75) is 13.3 Å². The zero-order chi connectivity index (χ0) is 24.8. The van der Waals surface area contributed by atoms with E-state index in [0.29, 0.717) is 33.2 Å². The van der Waals surface area contributed by atoms with Crippen molar-refractivity contribution < 1.29 is 28.7 Å². The molecule has 0 atom stereocenters. The maximum atomic E-state index is 13.3. The van der Waals surface area contributed by atoms with Crippen LogP contribution in [0.15, 0.2) is 12.1 Å². The zero-order valence-electron chi connectivity index (χ0n) is 18.6. The van der Waals surface area contributed by atoms with Gasteiger partial charge in [-0.2, -0.15) is 0 Å². The van der Waals surface area contributed by atoms with Gasteiger partial charge in [0.15, 0.2) is 0 Å². The van der Waals surface area contributed by atoms with Crippen LogP contribution in [0.4, 0.5) is 0 Å². The third-order valence-electron chi connectivity index (χ3n) is 4.95. The summed E-state index contributed by atoms with van der Waals surface area (Å²) in [6.45, 7) is 2.81. The molecule has 0 saturated carbocycles. The van der Waals surface area contributed by atoms with E-state index >= 15 is 0 Å². The third-order valence-corrected chi connectivity index (χ3v) is 7.80. The molecule has 2 saturated heterocycles. The Hall–Kier alpha value is -2.22. The molecule has 3 amide bonds. The van der Waals surface area contributed by atoms with Gasteiger partial charge in [-0.1, -0.05) is 48.0 Å².